The summed E-state index contributed by atoms with van der Waals surface area (Å²) in [6.07, 6.45) is -0.808. The van der Waals surface area contributed by atoms with E-state index in [1.54, 1.807) is 41.5 Å². The Balaban J connectivity index is 1.89. The molecule has 0 saturated carbocycles. The van der Waals surface area contributed by atoms with Gasteiger partial charge in [-0.1, -0.05) is 68.4 Å². The molecule has 1 heterocycles. The summed E-state index contributed by atoms with van der Waals surface area (Å²) in [4.78, 5) is 56.8. The SMILES string of the molecule is CC(C)(C)OC(=O)N[C@H](C(=O)N1C[C@@H](N=[N+]=[N-])C[C@H]1C(=O)N[C@@](C)(Cc1ccc2ccccc2c1)C(=O)O)C(C)(C)C. The number of likely N-dealkylation sites (tertiary alicyclic amines) is 1. The van der Waals surface area contributed by atoms with Crippen molar-refractivity contribution in [3.63, 3.8) is 0 Å². The summed E-state index contributed by atoms with van der Waals surface area (Å²) >= 11 is 0. The molecule has 2 aromatic rings. The number of nitrogens with zero attached hydrogens (tertiary/aromatic N) is 4. The number of aliphatic carboxylic acids is 1. The van der Waals surface area contributed by atoms with Crippen molar-refractivity contribution in [3.05, 3.63) is 58.5 Å². The van der Waals surface area contributed by atoms with Crippen LogP contribution in [0.25, 0.3) is 21.2 Å². The molecule has 3 amide bonds. The summed E-state index contributed by atoms with van der Waals surface area (Å²) in [7, 11) is 0. The molecule has 42 heavy (non-hydrogen) atoms. The maximum atomic E-state index is 13.9. The van der Waals surface area contributed by atoms with Gasteiger partial charge in [0.25, 0.3) is 0 Å². The van der Waals surface area contributed by atoms with E-state index in [-0.39, 0.29) is 19.4 Å². The van der Waals surface area contributed by atoms with E-state index in [0.29, 0.717) is 5.56 Å². The Labute approximate surface area is 245 Å². The summed E-state index contributed by atoms with van der Waals surface area (Å²) in [6, 6.07) is 10.3. The minimum atomic E-state index is -1.71. The van der Waals surface area contributed by atoms with Crippen LogP contribution < -0.4 is 10.6 Å². The highest BCUT2D eigenvalue weighted by molar-refractivity contribution is 5.95. The molecule has 1 aliphatic rings. The first-order chi connectivity index (χ1) is 19.4. The monoisotopic (exact) mass is 580 g/mol. The number of alkyl carbamates (subject to hydrolysis) is 1. The highest BCUT2D eigenvalue weighted by atomic mass is 16.6. The fraction of sp³-hybridized carbons (Fsp3) is 0.533. The van der Waals surface area contributed by atoms with E-state index in [2.05, 4.69) is 20.7 Å². The first kappa shape index (κ1) is 32.2. The molecule has 0 bridgehead atoms. The van der Waals surface area contributed by atoms with Crippen LogP contribution in [0.15, 0.2) is 47.6 Å². The van der Waals surface area contributed by atoms with Crippen LogP contribution in [0.2, 0.25) is 0 Å². The van der Waals surface area contributed by atoms with Crippen molar-refractivity contribution >= 4 is 34.6 Å². The number of nitrogens with one attached hydrogen (secondary N) is 2. The van der Waals surface area contributed by atoms with Gasteiger partial charge in [0.1, 0.15) is 23.2 Å². The zero-order valence-electron chi connectivity index (χ0n) is 25.2. The Bertz CT molecular complexity index is 1410. The summed E-state index contributed by atoms with van der Waals surface area (Å²) < 4.78 is 5.35. The van der Waals surface area contributed by atoms with Gasteiger partial charge in [0.05, 0.1) is 6.04 Å². The van der Waals surface area contributed by atoms with Gasteiger partial charge < -0.3 is 25.4 Å². The number of carboxylic acids is 1. The highest BCUT2D eigenvalue weighted by Crippen LogP contribution is 2.29. The van der Waals surface area contributed by atoms with Crippen LogP contribution in [0.5, 0.6) is 0 Å². The molecule has 0 radical (unpaired) electrons. The number of hydrogen-bond donors (Lipinski definition) is 3. The lowest BCUT2D eigenvalue weighted by Gasteiger charge is -2.36. The maximum absolute atomic E-state index is 13.9. The molecule has 1 fully saturated rings. The van der Waals surface area contributed by atoms with Crippen molar-refractivity contribution in [2.75, 3.05) is 6.54 Å². The lowest BCUT2D eigenvalue weighted by molar-refractivity contribution is -0.149. The van der Waals surface area contributed by atoms with Gasteiger partial charge >= 0.3 is 12.1 Å². The molecule has 12 heteroatoms. The predicted octanol–water partition coefficient (Wildman–Crippen LogP) is 4.56. The summed E-state index contributed by atoms with van der Waals surface area (Å²) in [5, 5.41) is 21.1. The number of fused-ring (bicyclic) bond motifs is 1. The topological polar surface area (TPSA) is 174 Å². The normalized spacial score (nSPS) is 19.3. The molecular formula is C30H40N6O6. The third-order valence-electron chi connectivity index (χ3n) is 7.10. The van der Waals surface area contributed by atoms with Gasteiger partial charge in [-0.05, 0) is 61.4 Å². The number of rotatable bonds is 8. The first-order valence-electron chi connectivity index (χ1n) is 13.8. The van der Waals surface area contributed by atoms with E-state index < -0.39 is 58.6 Å². The van der Waals surface area contributed by atoms with Crippen molar-refractivity contribution in [2.24, 2.45) is 10.5 Å². The Morgan fingerprint density at radius 2 is 1.71 bits per heavy atom. The third kappa shape index (κ3) is 7.91. The molecule has 12 nitrogen and oxygen atoms in total. The number of benzene rings is 2. The Kier molecular flexibility index (Phi) is 9.42. The van der Waals surface area contributed by atoms with Crippen molar-refractivity contribution in [1.29, 1.82) is 0 Å². The average Bonchev–Trinajstić information content (AvgIpc) is 3.29. The zero-order chi connectivity index (χ0) is 31.5. The number of amides is 3. The van der Waals surface area contributed by atoms with Crippen molar-refractivity contribution < 1.29 is 29.0 Å². The van der Waals surface area contributed by atoms with E-state index in [4.69, 9.17) is 10.3 Å². The van der Waals surface area contributed by atoms with Gasteiger partial charge in [0.2, 0.25) is 11.8 Å². The van der Waals surface area contributed by atoms with Crippen LogP contribution >= 0.6 is 0 Å². The van der Waals surface area contributed by atoms with E-state index in [1.807, 2.05) is 42.5 Å². The van der Waals surface area contributed by atoms with E-state index in [9.17, 15) is 24.3 Å². The van der Waals surface area contributed by atoms with Crippen LogP contribution in [0, 0.1) is 5.41 Å². The molecular weight excluding hydrogens is 540 g/mol. The van der Waals surface area contributed by atoms with Gasteiger partial charge in [-0.25, -0.2) is 9.59 Å². The predicted molar refractivity (Wildman–Crippen MR) is 158 cm³/mol. The third-order valence-corrected chi connectivity index (χ3v) is 7.10. The molecule has 0 spiro atoms. The highest BCUT2D eigenvalue weighted by Gasteiger charge is 2.47. The Morgan fingerprint density at radius 1 is 1.07 bits per heavy atom. The van der Waals surface area contributed by atoms with E-state index in [0.717, 1.165) is 10.8 Å². The van der Waals surface area contributed by atoms with Gasteiger partial charge in [0, 0.05) is 17.9 Å². The van der Waals surface area contributed by atoms with Crippen LogP contribution in [-0.2, 0) is 25.5 Å². The summed E-state index contributed by atoms with van der Waals surface area (Å²) in [5.41, 5.74) is 6.46. The second kappa shape index (κ2) is 12.3. The second-order valence-electron chi connectivity index (χ2n) is 13.0. The minimum Gasteiger partial charge on any atom is -0.480 e. The summed E-state index contributed by atoms with van der Waals surface area (Å²) in [5.74, 6) is -2.52. The van der Waals surface area contributed by atoms with Gasteiger partial charge in [-0.3, -0.25) is 9.59 Å². The molecule has 2 aromatic carbocycles. The van der Waals surface area contributed by atoms with Crippen LogP contribution in [0.1, 0.15) is 60.5 Å². The van der Waals surface area contributed by atoms with E-state index in [1.165, 1.54) is 11.8 Å². The molecule has 1 saturated heterocycles. The quantitative estimate of drug-likeness (QED) is 0.234. The molecule has 4 atom stereocenters. The standard InChI is InChI=1S/C30H40N6O6/c1-28(2,3)23(32-27(41)42-29(4,5)6)25(38)36-17-21(34-35-31)15-22(36)24(37)33-30(7,26(39)40)16-18-12-13-19-10-8-9-11-20(19)14-18/h8-14,21-23H,15-17H2,1-7H3,(H,32,41)(H,33,37)(H,39,40)/t21-,22-,23+,30-/m0/s1. The zero-order valence-corrected chi connectivity index (χ0v) is 25.2. The van der Waals surface area contributed by atoms with Gasteiger partial charge in [0.15, 0.2) is 0 Å². The van der Waals surface area contributed by atoms with Crippen LogP contribution in [0.4, 0.5) is 4.79 Å². The largest absolute Gasteiger partial charge is 0.480 e. The van der Waals surface area contributed by atoms with Crippen molar-refractivity contribution in [1.82, 2.24) is 15.5 Å². The molecule has 0 aliphatic carbocycles. The number of ether oxygens (including phenoxy) is 1. The molecule has 1 aliphatic heterocycles. The smallest absolute Gasteiger partial charge is 0.408 e. The molecule has 3 rings (SSSR count). The number of carbonyl (C=O) groups excluding carboxylic acids is 3. The maximum Gasteiger partial charge on any atom is 0.408 e. The first-order valence-corrected chi connectivity index (χ1v) is 13.8. The van der Waals surface area contributed by atoms with E-state index >= 15 is 0 Å². The lowest BCUT2D eigenvalue weighted by atomic mass is 9.85. The van der Waals surface area contributed by atoms with Crippen molar-refractivity contribution in [3.8, 4) is 0 Å². The minimum absolute atomic E-state index is 0.00337. The lowest BCUT2D eigenvalue weighted by Crippen LogP contribution is -2.61. The van der Waals surface area contributed by atoms with Crippen molar-refractivity contribution in [2.45, 2.75) is 90.6 Å². The van der Waals surface area contributed by atoms with Crippen LogP contribution in [0.3, 0.4) is 0 Å². The molecule has 0 unspecified atom stereocenters. The Morgan fingerprint density at radius 3 is 2.29 bits per heavy atom. The fourth-order valence-electron chi connectivity index (χ4n) is 4.99. The van der Waals surface area contributed by atoms with Gasteiger partial charge in [-0.2, -0.15) is 0 Å². The molecule has 3 N–H and O–H groups in total. The number of carboxylic acid groups (broad SMARTS) is 1. The Hall–Kier alpha value is -4.31. The average molecular weight is 581 g/mol. The molecule has 0 aromatic heterocycles. The van der Waals surface area contributed by atoms with Gasteiger partial charge in [-0.15, -0.1) is 0 Å². The second-order valence-corrected chi connectivity index (χ2v) is 13.0. The molecule has 226 valence electrons. The number of azide groups is 1. The number of hydrogen-bond acceptors (Lipinski definition) is 6. The van der Waals surface area contributed by atoms with Crippen LogP contribution in [-0.4, -0.2) is 69.7 Å². The fourth-order valence-corrected chi connectivity index (χ4v) is 4.99. The number of carbonyl (C=O) groups is 4. The summed E-state index contributed by atoms with van der Waals surface area (Å²) in [6.45, 7) is 11.7.